The highest BCUT2D eigenvalue weighted by atomic mass is 32.2. The van der Waals surface area contributed by atoms with E-state index in [0.717, 1.165) is 32.7 Å². The maximum absolute atomic E-state index is 6.52. The number of pyridine rings is 1. The van der Waals surface area contributed by atoms with Crippen LogP contribution in [0.5, 0.6) is 0 Å². The first-order chi connectivity index (χ1) is 16.0. The summed E-state index contributed by atoms with van der Waals surface area (Å²) < 4.78 is 21.0. The monoisotopic (exact) mass is 460 g/mol. The first-order valence-corrected chi connectivity index (χ1v) is 12.2. The molecule has 0 radical (unpaired) electrons. The average Bonchev–Trinajstić information content (AvgIpc) is 3.48. The fourth-order valence-electron chi connectivity index (χ4n) is 4.72. The number of hydrogen-bond donors (Lipinski definition) is 0. The smallest absolute Gasteiger partial charge is 0.164 e. The van der Waals surface area contributed by atoms with Crippen LogP contribution in [0.2, 0.25) is 0 Å². The minimum absolute atomic E-state index is 0.216. The van der Waals surface area contributed by atoms with Crippen molar-refractivity contribution >= 4 is 34.3 Å². The fraction of sp³-hybridized carbons (Fsp3) is 0.320. The van der Waals surface area contributed by atoms with Gasteiger partial charge in [-0.15, -0.1) is 11.8 Å². The molecular weight excluding hydrogens is 436 g/mol. The molecular formula is C25H24N4O3S. The fourth-order valence-corrected chi connectivity index (χ4v) is 5.24. The van der Waals surface area contributed by atoms with Crippen molar-refractivity contribution < 1.29 is 14.2 Å². The molecule has 0 amide bonds. The summed E-state index contributed by atoms with van der Waals surface area (Å²) in [5, 5.41) is 6.53. The van der Waals surface area contributed by atoms with Gasteiger partial charge < -0.3 is 14.2 Å². The Morgan fingerprint density at radius 1 is 1.06 bits per heavy atom. The first kappa shape index (κ1) is 20.8. The van der Waals surface area contributed by atoms with Gasteiger partial charge in [-0.2, -0.15) is 5.10 Å². The van der Waals surface area contributed by atoms with Crippen LogP contribution in [0.3, 0.4) is 0 Å². The summed E-state index contributed by atoms with van der Waals surface area (Å²) in [5.74, 6) is -0.678. The number of aromatic nitrogens is 4. The molecule has 2 aliphatic rings. The summed E-state index contributed by atoms with van der Waals surface area (Å²) in [4.78, 5) is 8.83. The first-order valence-electron chi connectivity index (χ1n) is 10.9. The van der Waals surface area contributed by atoms with Gasteiger partial charge in [-0.1, -0.05) is 30.4 Å². The molecule has 2 fully saturated rings. The molecule has 0 aliphatic carbocycles. The van der Waals surface area contributed by atoms with E-state index in [-0.39, 0.29) is 24.4 Å². The maximum atomic E-state index is 6.52. The summed E-state index contributed by atoms with van der Waals surface area (Å²) in [6.45, 7) is 3.89. The lowest BCUT2D eigenvalue weighted by atomic mass is 10.0. The lowest BCUT2D eigenvalue weighted by molar-refractivity contribution is -0.183. The molecule has 2 saturated heterocycles. The predicted molar refractivity (Wildman–Crippen MR) is 127 cm³/mol. The Bertz CT molecular complexity index is 1370. The van der Waals surface area contributed by atoms with E-state index in [2.05, 4.69) is 51.5 Å². The minimum atomic E-state index is -0.678. The van der Waals surface area contributed by atoms with Crippen molar-refractivity contribution in [3.05, 3.63) is 72.3 Å². The molecule has 2 aliphatic heterocycles. The third kappa shape index (κ3) is 3.63. The Hall–Kier alpha value is -2.78. The number of thioether (sulfide) groups is 1. The molecule has 168 valence electrons. The highest BCUT2D eigenvalue weighted by Crippen LogP contribution is 2.46. The molecule has 5 heterocycles. The number of benzene rings is 1. The minimum Gasteiger partial charge on any atom is -0.359 e. The van der Waals surface area contributed by atoms with Crippen LogP contribution in [0.1, 0.15) is 31.2 Å². The number of ether oxygens (including phenoxy) is 3. The van der Waals surface area contributed by atoms with Gasteiger partial charge in [0.25, 0.3) is 0 Å². The van der Waals surface area contributed by atoms with Crippen molar-refractivity contribution in [1.29, 1.82) is 0 Å². The van der Waals surface area contributed by atoms with E-state index < -0.39 is 5.79 Å². The Labute approximate surface area is 195 Å². The van der Waals surface area contributed by atoms with Crippen molar-refractivity contribution in [1.82, 2.24) is 19.6 Å². The van der Waals surface area contributed by atoms with E-state index in [1.54, 1.807) is 18.1 Å². The normalized spacial score (nSPS) is 26.5. The Morgan fingerprint density at radius 2 is 1.94 bits per heavy atom. The van der Waals surface area contributed by atoms with Gasteiger partial charge in [0.15, 0.2) is 5.79 Å². The van der Waals surface area contributed by atoms with Crippen LogP contribution in [0, 0.1) is 0 Å². The average molecular weight is 461 g/mol. The van der Waals surface area contributed by atoms with Gasteiger partial charge in [-0.05, 0) is 49.9 Å². The molecule has 1 aromatic carbocycles. The molecule has 33 heavy (non-hydrogen) atoms. The molecule has 3 aromatic heterocycles. The Kier molecular flexibility index (Phi) is 4.99. The summed E-state index contributed by atoms with van der Waals surface area (Å²) in [7, 11) is 0. The number of nitrogens with zero attached hydrogens (tertiary/aromatic N) is 4. The second-order valence-electron chi connectivity index (χ2n) is 8.73. The molecule has 4 atom stereocenters. The SMILES string of the molecule is CSc1ncnn2c([C@@H]3O[C@H](/C=C/c4ccc5cccnc5c4)[C@H]4OC(C)(C)O[C@H]43)ccc12. The van der Waals surface area contributed by atoms with Crippen LogP contribution in [0.15, 0.2) is 66.1 Å². The van der Waals surface area contributed by atoms with E-state index in [0.29, 0.717) is 0 Å². The van der Waals surface area contributed by atoms with E-state index in [1.807, 2.05) is 49.0 Å². The Morgan fingerprint density at radius 3 is 2.82 bits per heavy atom. The van der Waals surface area contributed by atoms with E-state index in [4.69, 9.17) is 14.2 Å². The zero-order valence-electron chi connectivity index (χ0n) is 18.6. The summed E-state index contributed by atoms with van der Waals surface area (Å²) >= 11 is 1.60. The molecule has 0 N–H and O–H groups in total. The Balaban J connectivity index is 1.34. The molecule has 6 rings (SSSR count). The second-order valence-corrected chi connectivity index (χ2v) is 9.52. The van der Waals surface area contributed by atoms with Crippen LogP contribution in [-0.2, 0) is 14.2 Å². The van der Waals surface area contributed by atoms with Gasteiger partial charge in [0.05, 0.1) is 16.7 Å². The summed E-state index contributed by atoms with van der Waals surface area (Å²) in [5.41, 5.74) is 3.92. The van der Waals surface area contributed by atoms with Crippen LogP contribution in [0.25, 0.3) is 22.5 Å². The molecule has 0 bridgehead atoms. The van der Waals surface area contributed by atoms with Crippen molar-refractivity contribution in [3.8, 4) is 0 Å². The van der Waals surface area contributed by atoms with Crippen LogP contribution < -0.4 is 0 Å². The van der Waals surface area contributed by atoms with Gasteiger partial charge in [0.1, 0.15) is 35.8 Å². The molecule has 0 saturated carbocycles. The highest BCUT2D eigenvalue weighted by Gasteiger charge is 2.55. The molecule has 7 nitrogen and oxygen atoms in total. The number of hydrogen-bond acceptors (Lipinski definition) is 7. The molecule has 0 unspecified atom stereocenters. The van der Waals surface area contributed by atoms with E-state index in [1.165, 1.54) is 0 Å². The lowest BCUT2D eigenvalue weighted by Crippen LogP contribution is -2.28. The van der Waals surface area contributed by atoms with Gasteiger partial charge in [0.2, 0.25) is 0 Å². The topological polar surface area (TPSA) is 70.8 Å². The molecule has 0 spiro atoms. The number of rotatable bonds is 4. The van der Waals surface area contributed by atoms with Crippen LogP contribution in [-0.4, -0.2) is 49.9 Å². The van der Waals surface area contributed by atoms with Crippen molar-refractivity contribution in [3.63, 3.8) is 0 Å². The van der Waals surface area contributed by atoms with E-state index in [9.17, 15) is 0 Å². The zero-order chi connectivity index (χ0) is 22.6. The van der Waals surface area contributed by atoms with Gasteiger partial charge in [0, 0.05) is 11.6 Å². The zero-order valence-corrected chi connectivity index (χ0v) is 19.4. The molecule has 4 aromatic rings. The quantitative estimate of drug-likeness (QED) is 0.410. The van der Waals surface area contributed by atoms with Gasteiger partial charge >= 0.3 is 0 Å². The third-order valence-electron chi connectivity index (χ3n) is 6.13. The van der Waals surface area contributed by atoms with Gasteiger partial charge in [-0.3, -0.25) is 4.98 Å². The van der Waals surface area contributed by atoms with Crippen molar-refractivity contribution in [2.24, 2.45) is 0 Å². The van der Waals surface area contributed by atoms with Gasteiger partial charge in [-0.25, -0.2) is 9.50 Å². The van der Waals surface area contributed by atoms with Crippen LogP contribution >= 0.6 is 11.8 Å². The standard InChI is InChI=1S/C25H24N4O3S/c1-25(2)31-22-20(11-7-15-6-8-16-5-4-12-26-17(16)13-15)30-21(23(22)32-25)18-9-10-19-24(33-3)27-14-28-29(18)19/h4-14,20-23H,1-3H3/b11-7+/t20-,21+,22-,23+/m1/s1. The van der Waals surface area contributed by atoms with Crippen molar-refractivity contribution in [2.45, 2.75) is 49.1 Å². The summed E-state index contributed by atoms with van der Waals surface area (Å²) in [6, 6.07) is 14.3. The summed E-state index contributed by atoms with van der Waals surface area (Å²) in [6.07, 6.45) is 8.51. The molecule has 8 heteroatoms. The number of fused-ring (bicyclic) bond motifs is 3. The third-order valence-corrected chi connectivity index (χ3v) is 6.83. The van der Waals surface area contributed by atoms with E-state index >= 15 is 0 Å². The largest absolute Gasteiger partial charge is 0.359 e. The predicted octanol–water partition coefficient (Wildman–Crippen LogP) is 4.67. The second kappa shape index (κ2) is 7.92. The van der Waals surface area contributed by atoms with Crippen molar-refractivity contribution in [2.75, 3.05) is 6.26 Å². The maximum Gasteiger partial charge on any atom is 0.164 e. The van der Waals surface area contributed by atoms with Crippen LogP contribution in [0.4, 0.5) is 0 Å². The lowest BCUT2D eigenvalue weighted by Gasteiger charge is -2.23. The highest BCUT2D eigenvalue weighted by molar-refractivity contribution is 7.98.